The Balaban J connectivity index is 0.000000170. The molecule has 0 atom stereocenters. The minimum absolute atomic E-state index is 0.160. The van der Waals surface area contributed by atoms with Gasteiger partial charge < -0.3 is 16.0 Å². The van der Waals surface area contributed by atoms with Crippen molar-refractivity contribution in [3.63, 3.8) is 0 Å². The third-order valence-electron chi connectivity index (χ3n) is 10.3. The molecule has 0 unspecified atom stereocenters. The molecule has 6 aromatic rings. The second kappa shape index (κ2) is 24.7. The van der Waals surface area contributed by atoms with E-state index in [-0.39, 0.29) is 64.3 Å². The smallest absolute Gasteiger partial charge is 0.265 e. The molecule has 3 aliphatic rings. The van der Waals surface area contributed by atoms with E-state index in [9.17, 15) is 50.5 Å². The van der Waals surface area contributed by atoms with E-state index in [1.807, 2.05) is 91.0 Å². The third-order valence-corrected chi connectivity index (χ3v) is 21.4. The van der Waals surface area contributed by atoms with Crippen LogP contribution in [0.3, 0.4) is 0 Å². The van der Waals surface area contributed by atoms with Crippen LogP contribution in [-0.2, 0) is 77.4 Å². The topological polar surface area (TPSA) is 355 Å². The normalized spacial score (nSPS) is 17.2. The Kier molecular flexibility index (Phi) is 19.1. The number of hydrogen-bond donors (Lipinski definition) is 9. The molecule has 9 rings (SSSR count). The van der Waals surface area contributed by atoms with Gasteiger partial charge in [0.25, 0.3) is 30.1 Å². The SMILES string of the molecule is NS(=O)(=O)c1cc2c(cc1Cl)NC(=CSCc1ccccc1)NS2(=O)=O.NS(=O)(=O)c1cc2c(cc1Cl)NC(=CSCc1ccccc1)NS2(=O)=O.NS(=O)(=O)c1cc2c(cc1Cl)NC(=CSCc1ccccc1)NS2(=O)=O. The Morgan fingerprint density at radius 2 is 0.628 bits per heavy atom. The van der Waals surface area contributed by atoms with E-state index in [4.69, 9.17) is 50.2 Å². The zero-order valence-corrected chi connectivity index (χ0v) is 49.0. The fourth-order valence-electron chi connectivity index (χ4n) is 6.88. The molecule has 0 saturated heterocycles. The summed E-state index contributed by atoms with van der Waals surface area (Å²) in [6.45, 7) is 0. The number of nitrogens with two attached hydrogens (primary N) is 3. The van der Waals surface area contributed by atoms with Gasteiger partial charge in [-0.15, -0.1) is 35.3 Å². The highest BCUT2D eigenvalue weighted by Crippen LogP contribution is 2.38. The van der Waals surface area contributed by atoms with Crippen LogP contribution >= 0.6 is 70.1 Å². The first kappa shape index (κ1) is 60.5. The highest BCUT2D eigenvalue weighted by atomic mass is 35.5. The van der Waals surface area contributed by atoms with Crippen LogP contribution < -0.4 is 45.5 Å². The number of hydrogen-bond acceptors (Lipinski definition) is 18. The van der Waals surface area contributed by atoms with Crippen molar-refractivity contribution < 1.29 is 50.5 Å². The first-order valence-corrected chi connectivity index (χ1v) is 34.9. The third kappa shape index (κ3) is 15.8. The quantitative estimate of drug-likeness (QED) is 0.0581. The lowest BCUT2D eigenvalue weighted by molar-refractivity contribution is 0.584. The lowest BCUT2D eigenvalue weighted by Crippen LogP contribution is -2.33. The van der Waals surface area contributed by atoms with Gasteiger partial charge in [0.2, 0.25) is 30.1 Å². The Hall–Kier alpha value is -5.16. The van der Waals surface area contributed by atoms with Gasteiger partial charge >= 0.3 is 0 Å². The molecular weight excluding hydrogens is 1250 g/mol. The number of rotatable bonds is 12. The standard InChI is InChI=1S/3C15H14ClN3O4S3/c3*16-11-6-12-14(7-13(11)25(17,20)21)26(22,23)19-15(18-12)9-24-8-10-4-2-1-3-5-10/h3*1-7,9,18-19H,8H2,(H2,17,20,21). The van der Waals surface area contributed by atoms with Crippen LogP contribution in [0, 0.1) is 0 Å². The fraction of sp³-hybridized carbons (Fsp3) is 0.0667. The summed E-state index contributed by atoms with van der Waals surface area (Å²) in [5, 5.41) is 28.3. The number of primary sulfonamides is 3. The number of nitrogens with one attached hydrogen (secondary N) is 6. The molecule has 0 bridgehead atoms. The number of benzene rings is 6. The van der Waals surface area contributed by atoms with Crippen LogP contribution in [0.4, 0.5) is 17.1 Å². The summed E-state index contributed by atoms with van der Waals surface area (Å²) in [6.07, 6.45) is 0. The maximum atomic E-state index is 12.4. The van der Waals surface area contributed by atoms with Crippen molar-refractivity contribution in [1.82, 2.24) is 14.2 Å². The van der Waals surface area contributed by atoms with Crippen molar-refractivity contribution >= 4 is 147 Å². The van der Waals surface area contributed by atoms with Gasteiger partial charge in [0.15, 0.2) is 0 Å². The highest BCUT2D eigenvalue weighted by molar-refractivity contribution is 8.02. The van der Waals surface area contributed by atoms with Crippen LogP contribution in [-0.4, -0.2) is 50.5 Å². The summed E-state index contributed by atoms with van der Waals surface area (Å²) in [7, 11) is -24.3. The number of sulfonamides is 6. The van der Waals surface area contributed by atoms with Gasteiger partial charge in [0, 0.05) is 33.5 Å². The Bertz CT molecular complexity index is 3670. The minimum atomic E-state index is -4.15. The number of fused-ring (bicyclic) bond motifs is 3. The van der Waals surface area contributed by atoms with Gasteiger partial charge in [-0.2, -0.15) is 0 Å². The zero-order chi connectivity index (χ0) is 56.8. The van der Waals surface area contributed by atoms with E-state index in [1.165, 1.54) is 53.5 Å². The van der Waals surface area contributed by atoms with Crippen molar-refractivity contribution in [2.75, 3.05) is 16.0 Å². The van der Waals surface area contributed by atoms with E-state index >= 15 is 0 Å². The first-order chi connectivity index (χ1) is 36.5. The summed E-state index contributed by atoms with van der Waals surface area (Å²) >= 11 is 22.0. The molecule has 33 heteroatoms. The van der Waals surface area contributed by atoms with Crippen LogP contribution in [0.25, 0.3) is 0 Å². The maximum Gasteiger partial charge on any atom is 0.265 e. The summed E-state index contributed by atoms with van der Waals surface area (Å²) < 4.78 is 151. The van der Waals surface area contributed by atoms with Crippen molar-refractivity contribution in [1.29, 1.82) is 0 Å². The first-order valence-electron chi connectivity index (χ1n) is 21.6. The van der Waals surface area contributed by atoms with Crippen LogP contribution in [0.2, 0.25) is 15.1 Å². The molecule has 0 saturated carbocycles. The number of thioether (sulfide) groups is 3. The molecule has 21 nitrogen and oxygen atoms in total. The molecule has 6 aromatic carbocycles. The van der Waals surface area contributed by atoms with Gasteiger partial charge in [-0.3, -0.25) is 14.2 Å². The van der Waals surface area contributed by atoms with Crippen molar-refractivity contribution in [3.8, 4) is 0 Å². The molecule has 414 valence electrons. The van der Waals surface area contributed by atoms with E-state index in [0.29, 0.717) is 17.3 Å². The van der Waals surface area contributed by atoms with Gasteiger partial charge in [-0.1, -0.05) is 126 Å². The number of halogens is 3. The predicted octanol–water partition coefficient (Wildman–Crippen LogP) is 7.27. The van der Waals surface area contributed by atoms with Crippen molar-refractivity contribution in [2.45, 2.75) is 46.6 Å². The lowest BCUT2D eigenvalue weighted by atomic mass is 10.2. The molecule has 3 heterocycles. The van der Waals surface area contributed by atoms with Gasteiger partial charge in [0.1, 0.15) is 46.8 Å². The highest BCUT2D eigenvalue weighted by Gasteiger charge is 2.32. The molecule has 12 N–H and O–H groups in total. The average Bonchev–Trinajstić information content (AvgIpc) is 3.55. The lowest BCUT2D eigenvalue weighted by Gasteiger charge is -2.23. The summed E-state index contributed by atoms with van der Waals surface area (Å²) in [4.78, 5) is -2.06. The molecule has 0 fully saturated rings. The summed E-state index contributed by atoms with van der Waals surface area (Å²) in [5.41, 5.74) is 3.80. The van der Waals surface area contributed by atoms with E-state index < -0.39 is 74.8 Å². The molecule has 0 amide bonds. The van der Waals surface area contributed by atoms with Gasteiger partial charge in [0.05, 0.1) is 32.1 Å². The second-order valence-corrected chi connectivity index (χ2v) is 29.5. The van der Waals surface area contributed by atoms with Crippen molar-refractivity contribution in [3.05, 3.63) is 193 Å². The molecule has 0 spiro atoms. The molecule has 0 aliphatic carbocycles. The molecule has 3 aliphatic heterocycles. The molecular formula is C45H42Cl3N9O12S9. The van der Waals surface area contributed by atoms with E-state index in [1.54, 1.807) is 16.2 Å². The maximum absolute atomic E-state index is 12.4. The van der Waals surface area contributed by atoms with Crippen molar-refractivity contribution in [2.24, 2.45) is 15.4 Å². The predicted molar refractivity (Wildman–Crippen MR) is 308 cm³/mol. The Labute approximate surface area is 478 Å². The molecule has 0 radical (unpaired) electrons. The van der Waals surface area contributed by atoms with Gasteiger partial charge in [-0.05, 0) is 53.1 Å². The van der Waals surface area contributed by atoms with E-state index in [2.05, 4.69) is 30.1 Å². The fourth-order valence-corrected chi connectivity index (χ4v) is 16.4. The largest absolute Gasteiger partial charge is 0.340 e. The van der Waals surface area contributed by atoms with Gasteiger partial charge in [-0.25, -0.2) is 65.9 Å². The summed E-state index contributed by atoms with van der Waals surface area (Å²) in [5.74, 6) is 2.72. The monoisotopic (exact) mass is 1290 g/mol. The van der Waals surface area contributed by atoms with Crippen LogP contribution in [0.15, 0.2) is 190 Å². The minimum Gasteiger partial charge on any atom is -0.340 e. The van der Waals surface area contributed by atoms with Crippen LogP contribution in [0.5, 0.6) is 0 Å². The zero-order valence-electron chi connectivity index (χ0n) is 39.4. The van der Waals surface area contributed by atoms with E-state index in [0.717, 1.165) is 34.9 Å². The summed E-state index contributed by atoms with van der Waals surface area (Å²) in [6, 6.07) is 35.6. The average molecular weight is 1300 g/mol. The Morgan fingerprint density at radius 1 is 0.397 bits per heavy atom. The van der Waals surface area contributed by atoms with Crippen LogP contribution in [0.1, 0.15) is 16.7 Å². The Morgan fingerprint density at radius 3 is 0.846 bits per heavy atom. The molecule has 78 heavy (non-hydrogen) atoms. The second-order valence-electron chi connectivity index (χ2n) is 16.1. The number of anilines is 3. The molecule has 0 aromatic heterocycles.